The molecule has 0 bridgehead atoms. The summed E-state index contributed by atoms with van der Waals surface area (Å²) in [7, 11) is 4.58. The van der Waals surface area contributed by atoms with E-state index >= 15 is 0 Å². The van der Waals surface area contributed by atoms with Crippen molar-refractivity contribution >= 4 is 17.5 Å². The third-order valence-corrected chi connectivity index (χ3v) is 4.15. The molecule has 2 aromatic rings. The number of unbranched alkanes of at least 4 members (excludes halogenated alkanes) is 1. The number of allylic oxidation sites excluding steroid dienone is 1. The lowest BCUT2D eigenvalue weighted by atomic mass is 10.1. The molecule has 0 heterocycles. The number of carbonyl (C=O) groups is 1. The zero-order valence-corrected chi connectivity index (χ0v) is 16.4. The topological polar surface area (TPSA) is 56.8 Å². The molecule has 0 saturated heterocycles. The summed E-state index contributed by atoms with van der Waals surface area (Å²) < 4.78 is 15.9. The van der Waals surface area contributed by atoms with Crippen molar-refractivity contribution in [3.8, 4) is 17.2 Å². The molecule has 2 aromatic carbocycles. The molecule has 0 aliphatic heterocycles. The monoisotopic (exact) mass is 369 g/mol. The molecule has 0 aromatic heterocycles. The molecule has 0 amide bonds. The predicted molar refractivity (Wildman–Crippen MR) is 109 cm³/mol. The maximum absolute atomic E-state index is 12.5. The number of anilines is 1. The average Bonchev–Trinajstić information content (AvgIpc) is 2.71. The highest BCUT2D eigenvalue weighted by atomic mass is 16.5. The fraction of sp³-hybridized carbons (Fsp3) is 0.318. The fourth-order valence-electron chi connectivity index (χ4n) is 2.61. The smallest absolute Gasteiger partial charge is 0.203 e. The van der Waals surface area contributed by atoms with Gasteiger partial charge < -0.3 is 19.5 Å². The van der Waals surface area contributed by atoms with E-state index in [1.165, 1.54) is 21.3 Å². The standard InChI is InChI=1S/C22H27NO4/c1-5-6-13-23-18-10-7-16(8-11-18)9-12-19(24)17-14-20(25-2)22(27-4)21(15-17)26-3/h7-12,14-15,23H,5-6,13H2,1-4H3/b12-9+. The highest BCUT2D eigenvalue weighted by Gasteiger charge is 2.15. The Morgan fingerprint density at radius 3 is 2.15 bits per heavy atom. The van der Waals surface area contributed by atoms with Gasteiger partial charge in [-0.2, -0.15) is 0 Å². The molecule has 144 valence electrons. The summed E-state index contributed by atoms with van der Waals surface area (Å²) in [6.45, 7) is 3.13. The van der Waals surface area contributed by atoms with E-state index in [0.29, 0.717) is 22.8 Å². The van der Waals surface area contributed by atoms with E-state index in [2.05, 4.69) is 12.2 Å². The maximum Gasteiger partial charge on any atom is 0.203 e. The Bertz CT molecular complexity index is 756. The molecule has 1 N–H and O–H groups in total. The Labute approximate surface area is 161 Å². The summed E-state index contributed by atoms with van der Waals surface area (Å²) in [6.07, 6.45) is 5.64. The lowest BCUT2D eigenvalue weighted by Crippen LogP contribution is -2.01. The Hall–Kier alpha value is -2.95. The molecule has 0 aliphatic carbocycles. The van der Waals surface area contributed by atoms with Crippen molar-refractivity contribution in [3.05, 3.63) is 53.6 Å². The molecule has 2 rings (SSSR count). The van der Waals surface area contributed by atoms with Crippen LogP contribution in [0.4, 0.5) is 5.69 Å². The fourth-order valence-corrected chi connectivity index (χ4v) is 2.61. The van der Waals surface area contributed by atoms with Gasteiger partial charge in [0.25, 0.3) is 0 Å². The van der Waals surface area contributed by atoms with Gasteiger partial charge in [0, 0.05) is 17.8 Å². The van der Waals surface area contributed by atoms with Crippen LogP contribution in [0.1, 0.15) is 35.7 Å². The Morgan fingerprint density at radius 2 is 1.63 bits per heavy atom. The first-order valence-electron chi connectivity index (χ1n) is 8.99. The van der Waals surface area contributed by atoms with Crippen LogP contribution in [0.2, 0.25) is 0 Å². The van der Waals surface area contributed by atoms with Crippen molar-refractivity contribution in [2.24, 2.45) is 0 Å². The average molecular weight is 369 g/mol. The molecule has 5 heteroatoms. The number of rotatable bonds is 10. The van der Waals surface area contributed by atoms with E-state index in [4.69, 9.17) is 14.2 Å². The molecule has 0 aliphatic rings. The van der Waals surface area contributed by atoms with E-state index < -0.39 is 0 Å². The van der Waals surface area contributed by atoms with Gasteiger partial charge in [-0.25, -0.2) is 0 Å². The van der Waals surface area contributed by atoms with Crippen molar-refractivity contribution in [1.82, 2.24) is 0 Å². The van der Waals surface area contributed by atoms with Gasteiger partial charge in [0.05, 0.1) is 21.3 Å². The van der Waals surface area contributed by atoms with Gasteiger partial charge in [-0.15, -0.1) is 0 Å². The molecular weight excluding hydrogens is 342 g/mol. The number of ether oxygens (including phenoxy) is 3. The molecule has 0 unspecified atom stereocenters. The van der Waals surface area contributed by atoms with Crippen molar-refractivity contribution < 1.29 is 19.0 Å². The summed E-state index contributed by atoms with van der Waals surface area (Å²) in [5.41, 5.74) is 2.51. The number of nitrogens with one attached hydrogen (secondary N) is 1. The second kappa shape index (κ2) is 10.3. The second-order valence-corrected chi connectivity index (χ2v) is 6.01. The van der Waals surface area contributed by atoms with Crippen LogP contribution in [0.5, 0.6) is 17.2 Å². The number of carbonyl (C=O) groups excluding carboxylic acids is 1. The van der Waals surface area contributed by atoms with Gasteiger partial charge in [-0.05, 0) is 42.3 Å². The largest absolute Gasteiger partial charge is 0.493 e. The predicted octanol–water partition coefficient (Wildman–Crippen LogP) is 4.82. The quantitative estimate of drug-likeness (QED) is 0.370. The highest BCUT2D eigenvalue weighted by molar-refractivity contribution is 6.07. The number of hydrogen-bond donors (Lipinski definition) is 1. The van der Waals surface area contributed by atoms with Crippen molar-refractivity contribution in [2.75, 3.05) is 33.2 Å². The van der Waals surface area contributed by atoms with E-state index in [0.717, 1.165) is 30.6 Å². The number of benzene rings is 2. The van der Waals surface area contributed by atoms with Crippen LogP contribution in [-0.2, 0) is 0 Å². The SMILES string of the molecule is CCCCNc1ccc(/C=C/C(=O)c2cc(OC)c(OC)c(OC)c2)cc1. The van der Waals surface area contributed by atoms with E-state index in [1.807, 2.05) is 24.3 Å². The summed E-state index contributed by atoms with van der Waals surface area (Å²) in [4.78, 5) is 12.5. The van der Waals surface area contributed by atoms with Gasteiger partial charge in [-0.3, -0.25) is 4.79 Å². The van der Waals surface area contributed by atoms with Crippen molar-refractivity contribution in [2.45, 2.75) is 19.8 Å². The number of hydrogen-bond acceptors (Lipinski definition) is 5. The minimum atomic E-state index is -0.139. The van der Waals surface area contributed by atoms with Crippen LogP contribution in [0, 0.1) is 0 Å². The normalized spacial score (nSPS) is 10.7. The van der Waals surface area contributed by atoms with Gasteiger partial charge in [0.15, 0.2) is 17.3 Å². The molecule has 0 fully saturated rings. The summed E-state index contributed by atoms with van der Waals surface area (Å²) >= 11 is 0. The van der Waals surface area contributed by atoms with E-state index in [-0.39, 0.29) is 5.78 Å². The van der Waals surface area contributed by atoms with Crippen LogP contribution in [0.15, 0.2) is 42.5 Å². The number of methoxy groups -OCH3 is 3. The van der Waals surface area contributed by atoms with Crippen molar-refractivity contribution in [3.63, 3.8) is 0 Å². The zero-order valence-electron chi connectivity index (χ0n) is 16.4. The van der Waals surface area contributed by atoms with Gasteiger partial charge in [-0.1, -0.05) is 31.6 Å². The minimum absolute atomic E-state index is 0.139. The number of ketones is 1. The summed E-state index contributed by atoms with van der Waals surface area (Å²) in [6, 6.07) is 11.3. The highest BCUT2D eigenvalue weighted by Crippen LogP contribution is 2.38. The van der Waals surface area contributed by atoms with Crippen LogP contribution in [-0.4, -0.2) is 33.7 Å². The van der Waals surface area contributed by atoms with Gasteiger partial charge in [0.2, 0.25) is 5.75 Å². The molecule has 0 spiro atoms. The molecular formula is C22H27NO4. The summed E-state index contributed by atoms with van der Waals surface area (Å²) in [5.74, 6) is 1.23. The molecule has 27 heavy (non-hydrogen) atoms. The lowest BCUT2D eigenvalue weighted by molar-refractivity contribution is 0.104. The van der Waals surface area contributed by atoms with Gasteiger partial charge in [0.1, 0.15) is 0 Å². The molecule has 5 nitrogen and oxygen atoms in total. The van der Waals surface area contributed by atoms with Crippen LogP contribution >= 0.6 is 0 Å². The first-order chi connectivity index (χ1) is 13.1. The molecule has 0 atom stereocenters. The third kappa shape index (κ3) is 5.51. The van der Waals surface area contributed by atoms with Gasteiger partial charge >= 0.3 is 0 Å². The van der Waals surface area contributed by atoms with Crippen molar-refractivity contribution in [1.29, 1.82) is 0 Å². The molecule has 0 radical (unpaired) electrons. The maximum atomic E-state index is 12.5. The molecule has 0 saturated carbocycles. The van der Waals surface area contributed by atoms with E-state index in [9.17, 15) is 4.79 Å². The third-order valence-electron chi connectivity index (χ3n) is 4.15. The van der Waals surface area contributed by atoms with Crippen LogP contribution in [0.3, 0.4) is 0 Å². The minimum Gasteiger partial charge on any atom is -0.493 e. The van der Waals surface area contributed by atoms with Crippen LogP contribution in [0.25, 0.3) is 6.08 Å². The Morgan fingerprint density at radius 1 is 1.00 bits per heavy atom. The first-order valence-corrected chi connectivity index (χ1v) is 8.99. The summed E-state index contributed by atoms with van der Waals surface area (Å²) in [5, 5.41) is 3.37. The Balaban J connectivity index is 2.12. The lowest BCUT2D eigenvalue weighted by Gasteiger charge is -2.13. The second-order valence-electron chi connectivity index (χ2n) is 6.01. The zero-order chi connectivity index (χ0) is 19.6. The van der Waals surface area contributed by atoms with Crippen LogP contribution < -0.4 is 19.5 Å². The van der Waals surface area contributed by atoms with E-state index in [1.54, 1.807) is 24.3 Å². The first kappa shape index (κ1) is 20.4. The Kier molecular flexibility index (Phi) is 7.74.